The Morgan fingerprint density at radius 2 is 1.75 bits per heavy atom. The second-order valence-electron chi connectivity index (χ2n) is 15.0. The molecule has 2 aliphatic carbocycles. The SMILES string of the molecule is COC(=O)C1=CCC23CCC(C(C)(C=CC=C(C)C(=O)OCCCCCOc4cccc5c4C(=O)N(C4CCC(=O)NC4=O)C5=O)OC2=O)C3(OC(C)=O)CC1. The van der Waals surface area contributed by atoms with Crippen LogP contribution in [-0.2, 0) is 47.7 Å². The van der Waals surface area contributed by atoms with Crippen LogP contribution in [0.2, 0.25) is 0 Å². The van der Waals surface area contributed by atoms with Gasteiger partial charge in [0.2, 0.25) is 11.8 Å². The summed E-state index contributed by atoms with van der Waals surface area (Å²) in [6.07, 6.45) is 10.1. The number of fused-ring (bicyclic) bond motifs is 1. The fourth-order valence-electron chi connectivity index (χ4n) is 8.89. The van der Waals surface area contributed by atoms with Crippen molar-refractivity contribution in [2.45, 2.75) is 102 Å². The summed E-state index contributed by atoms with van der Waals surface area (Å²) < 4.78 is 28.4. The van der Waals surface area contributed by atoms with Crippen molar-refractivity contribution in [3.8, 4) is 5.75 Å². The van der Waals surface area contributed by atoms with E-state index in [1.54, 1.807) is 50.3 Å². The lowest BCUT2D eigenvalue weighted by Gasteiger charge is -2.54. The van der Waals surface area contributed by atoms with Crippen molar-refractivity contribution in [1.82, 2.24) is 10.2 Å². The Kier molecular flexibility index (Phi) is 11.4. The van der Waals surface area contributed by atoms with Crippen LogP contribution in [0.25, 0.3) is 0 Å². The summed E-state index contributed by atoms with van der Waals surface area (Å²) in [4.78, 5) is 103. The summed E-state index contributed by atoms with van der Waals surface area (Å²) in [6.45, 7) is 5.04. The zero-order valence-electron chi connectivity index (χ0n) is 31.9. The van der Waals surface area contributed by atoms with Gasteiger partial charge in [-0.25, -0.2) is 9.59 Å². The minimum atomic E-state index is -1.20. The molecule has 2 saturated heterocycles. The maximum Gasteiger partial charge on any atom is 0.333 e. The summed E-state index contributed by atoms with van der Waals surface area (Å²) >= 11 is 0. The monoisotopic (exact) mass is 774 g/mol. The average Bonchev–Trinajstić information content (AvgIpc) is 3.49. The lowest BCUT2D eigenvalue weighted by atomic mass is 9.62. The molecule has 2 bridgehead atoms. The smallest absolute Gasteiger partial charge is 0.333 e. The summed E-state index contributed by atoms with van der Waals surface area (Å²) in [7, 11) is 1.30. The van der Waals surface area contributed by atoms with Crippen LogP contribution in [0.3, 0.4) is 0 Å². The van der Waals surface area contributed by atoms with Gasteiger partial charge >= 0.3 is 23.9 Å². The first kappa shape index (κ1) is 40.1. The molecule has 3 fully saturated rings. The van der Waals surface area contributed by atoms with E-state index in [4.69, 9.17) is 23.7 Å². The lowest BCUT2D eigenvalue weighted by Crippen LogP contribution is -2.65. The van der Waals surface area contributed by atoms with E-state index in [-0.39, 0.29) is 62.2 Å². The summed E-state index contributed by atoms with van der Waals surface area (Å²) in [5, 5.41) is 2.18. The molecule has 5 atom stereocenters. The number of nitrogens with one attached hydrogen (secondary N) is 1. The van der Waals surface area contributed by atoms with Crippen LogP contribution in [-0.4, -0.2) is 90.0 Å². The normalized spacial score (nSPS) is 28.5. The molecular formula is C41H46N2O13. The van der Waals surface area contributed by atoms with E-state index in [0.717, 1.165) is 4.90 Å². The van der Waals surface area contributed by atoms with Gasteiger partial charge in [-0.05, 0) is 89.8 Å². The van der Waals surface area contributed by atoms with E-state index < -0.39 is 76.1 Å². The van der Waals surface area contributed by atoms with Gasteiger partial charge in [0.1, 0.15) is 28.4 Å². The minimum Gasteiger partial charge on any atom is -0.493 e. The molecule has 56 heavy (non-hydrogen) atoms. The van der Waals surface area contributed by atoms with Crippen molar-refractivity contribution in [2.75, 3.05) is 20.3 Å². The maximum absolute atomic E-state index is 13.8. The Bertz CT molecular complexity index is 1960. The topological polar surface area (TPSA) is 198 Å². The molecule has 0 spiro atoms. The number of unbranched alkanes of at least 4 members (excludes halogenated alkanes) is 2. The number of piperidine rings is 1. The molecule has 5 unspecified atom stereocenters. The van der Waals surface area contributed by atoms with Crippen molar-refractivity contribution in [2.24, 2.45) is 11.3 Å². The number of amides is 4. The number of ether oxygens (including phenoxy) is 5. The molecule has 1 aromatic carbocycles. The van der Waals surface area contributed by atoms with Gasteiger partial charge in [-0.3, -0.25) is 39.0 Å². The number of hydrogen-bond donors (Lipinski definition) is 1. The van der Waals surface area contributed by atoms with Crippen LogP contribution < -0.4 is 10.1 Å². The Labute approximate surface area is 323 Å². The van der Waals surface area contributed by atoms with Gasteiger partial charge in [0.15, 0.2) is 0 Å². The highest BCUT2D eigenvalue weighted by Gasteiger charge is 2.74. The number of benzene rings is 1. The Morgan fingerprint density at radius 1 is 0.982 bits per heavy atom. The van der Waals surface area contributed by atoms with E-state index in [9.17, 15) is 38.4 Å². The second kappa shape index (κ2) is 15.9. The molecule has 3 aliphatic heterocycles. The highest BCUT2D eigenvalue weighted by molar-refractivity contribution is 6.24. The van der Waals surface area contributed by atoms with E-state index in [1.165, 1.54) is 20.1 Å². The molecule has 15 nitrogen and oxygen atoms in total. The molecule has 1 aromatic rings. The van der Waals surface area contributed by atoms with Crippen LogP contribution >= 0.6 is 0 Å². The van der Waals surface area contributed by atoms with Gasteiger partial charge in [-0.15, -0.1) is 0 Å². The average molecular weight is 775 g/mol. The molecule has 3 heterocycles. The van der Waals surface area contributed by atoms with Gasteiger partial charge in [0.05, 0.1) is 31.5 Å². The Morgan fingerprint density at radius 3 is 2.48 bits per heavy atom. The third kappa shape index (κ3) is 7.14. The van der Waals surface area contributed by atoms with E-state index in [2.05, 4.69) is 5.32 Å². The van der Waals surface area contributed by atoms with Crippen LogP contribution in [0.4, 0.5) is 0 Å². The summed E-state index contributed by atoms with van der Waals surface area (Å²) in [5.74, 6) is -4.61. The van der Waals surface area contributed by atoms with Gasteiger partial charge in [0.25, 0.3) is 11.8 Å². The van der Waals surface area contributed by atoms with Crippen molar-refractivity contribution >= 4 is 47.5 Å². The van der Waals surface area contributed by atoms with Gasteiger partial charge in [-0.2, -0.15) is 0 Å². The summed E-state index contributed by atoms with van der Waals surface area (Å²) in [6, 6.07) is 3.60. The number of methoxy groups -OCH3 is 1. The maximum atomic E-state index is 13.8. The molecule has 0 aromatic heterocycles. The molecule has 1 saturated carbocycles. The molecule has 298 valence electrons. The van der Waals surface area contributed by atoms with Crippen LogP contribution in [0.15, 0.2) is 53.6 Å². The number of nitrogens with zero attached hydrogens (tertiary/aromatic N) is 1. The number of carbonyl (C=O) groups is 8. The largest absolute Gasteiger partial charge is 0.493 e. The van der Waals surface area contributed by atoms with E-state index in [0.29, 0.717) is 43.3 Å². The molecule has 6 rings (SSSR count). The van der Waals surface area contributed by atoms with Crippen LogP contribution in [0.1, 0.15) is 106 Å². The first-order valence-electron chi connectivity index (χ1n) is 18.9. The predicted octanol–water partition coefficient (Wildman–Crippen LogP) is 3.98. The number of esters is 4. The molecule has 0 radical (unpaired) electrons. The first-order valence-corrected chi connectivity index (χ1v) is 18.9. The number of allylic oxidation sites excluding steroid dienone is 3. The van der Waals surface area contributed by atoms with Crippen molar-refractivity contribution in [1.29, 1.82) is 0 Å². The first-order chi connectivity index (χ1) is 26.7. The standard InChI is InChI=1S/C41H46N2O13/c1-24(10-9-18-39(3)30-17-20-40(38(51)56-39)19-15-26(37(50)52-4)16-21-41(30,40)55-25(2)44)36(49)54-23-7-5-6-22-53-29-12-8-11-27-32(29)35(48)43(34(27)47)28-13-14-31(45)42-33(28)46/h8-12,15,18,28,30H,5-7,13-14,16-17,19-23H2,1-4H3,(H,42,45,46). The lowest BCUT2D eigenvalue weighted by molar-refractivity contribution is -0.235. The minimum absolute atomic E-state index is 0.0245. The van der Waals surface area contributed by atoms with Gasteiger partial charge < -0.3 is 23.7 Å². The molecular weight excluding hydrogens is 728 g/mol. The third-order valence-corrected chi connectivity index (χ3v) is 11.7. The Balaban J connectivity index is 0.990. The van der Waals surface area contributed by atoms with Crippen LogP contribution in [0.5, 0.6) is 5.75 Å². The third-order valence-electron chi connectivity index (χ3n) is 11.7. The number of imide groups is 2. The highest BCUT2D eigenvalue weighted by atomic mass is 16.6. The predicted molar refractivity (Wildman–Crippen MR) is 194 cm³/mol. The number of cyclic esters (lactones) is 1. The zero-order valence-corrected chi connectivity index (χ0v) is 31.9. The fraction of sp³-hybridized carbons (Fsp3) is 0.512. The molecule has 4 amide bonds. The van der Waals surface area contributed by atoms with Crippen LogP contribution in [0, 0.1) is 11.3 Å². The number of hydrogen-bond acceptors (Lipinski definition) is 13. The van der Waals surface area contributed by atoms with Gasteiger partial charge in [0, 0.05) is 30.4 Å². The highest BCUT2D eigenvalue weighted by Crippen LogP contribution is 2.65. The van der Waals surface area contributed by atoms with Crippen molar-refractivity contribution in [3.05, 3.63) is 64.8 Å². The van der Waals surface area contributed by atoms with Crippen molar-refractivity contribution < 1.29 is 62.0 Å². The van der Waals surface area contributed by atoms with Gasteiger partial charge in [-0.1, -0.05) is 24.3 Å². The van der Waals surface area contributed by atoms with E-state index in [1.807, 2.05) is 0 Å². The quantitative estimate of drug-likeness (QED) is 0.0755. The van der Waals surface area contributed by atoms with Crippen molar-refractivity contribution in [3.63, 3.8) is 0 Å². The molecule has 15 heteroatoms. The second-order valence-corrected chi connectivity index (χ2v) is 15.0. The molecule has 1 N–H and O–H groups in total. The zero-order chi connectivity index (χ0) is 40.4. The Hall–Kier alpha value is -5.60. The number of rotatable bonds is 13. The van der Waals surface area contributed by atoms with E-state index >= 15 is 0 Å². The fourth-order valence-corrected chi connectivity index (χ4v) is 8.89. The molecule has 5 aliphatic rings. The summed E-state index contributed by atoms with van der Waals surface area (Å²) in [5.41, 5.74) is -2.53. The number of carbonyl (C=O) groups excluding carboxylic acids is 8.